The van der Waals surface area contributed by atoms with E-state index in [1.165, 1.54) is 0 Å². The second-order valence-corrected chi connectivity index (χ2v) is 12.1. The summed E-state index contributed by atoms with van der Waals surface area (Å²) in [5, 5.41) is 0. The summed E-state index contributed by atoms with van der Waals surface area (Å²) >= 11 is 0. The molecule has 0 fully saturated rings. The molecule has 0 bridgehead atoms. The third kappa shape index (κ3) is 6.92. The predicted octanol–water partition coefficient (Wildman–Crippen LogP) is 5.66. The van der Waals surface area contributed by atoms with Crippen LogP contribution in [0.5, 0.6) is 0 Å². The van der Waals surface area contributed by atoms with E-state index in [0.29, 0.717) is 6.61 Å². The number of unbranched alkanes of at least 4 members (excludes halogenated alkanes) is 3. The van der Waals surface area contributed by atoms with Gasteiger partial charge in [0.2, 0.25) is 0 Å². The number of rotatable bonds is 11. The molecule has 0 saturated carbocycles. The maximum absolute atomic E-state index is 11.9. The van der Waals surface area contributed by atoms with Crippen LogP contribution in [0, 0.1) is 0 Å². The summed E-state index contributed by atoms with van der Waals surface area (Å²) in [5.41, 5.74) is 0. The fourth-order valence-electron chi connectivity index (χ4n) is 2.66. The van der Waals surface area contributed by atoms with Crippen molar-refractivity contribution in [2.75, 3.05) is 31.8 Å². The van der Waals surface area contributed by atoms with Gasteiger partial charge >= 0.3 is 125 Å². The number of carbonyl (C=O) groups is 1. The van der Waals surface area contributed by atoms with Crippen molar-refractivity contribution in [1.29, 1.82) is 0 Å². The molecule has 0 aromatic carbocycles. The van der Waals surface area contributed by atoms with Gasteiger partial charge in [-0.3, -0.25) is 0 Å². The zero-order valence-corrected chi connectivity index (χ0v) is 15.1. The van der Waals surface area contributed by atoms with E-state index in [0.717, 1.165) is 57.0 Å². The predicted molar refractivity (Wildman–Crippen MR) is 90.3 cm³/mol. The number of hydrogen-bond acceptors (Lipinski definition) is 3. The monoisotopic (exact) mass is 306 g/mol. The van der Waals surface area contributed by atoms with Crippen LogP contribution in [0.3, 0.4) is 0 Å². The first-order chi connectivity index (χ1) is 9.43. The van der Waals surface area contributed by atoms with Crippen LogP contribution in [-0.4, -0.2) is 37.9 Å². The molecule has 0 aromatic rings. The van der Waals surface area contributed by atoms with Crippen molar-refractivity contribution in [3.8, 4) is 0 Å². The van der Waals surface area contributed by atoms with Crippen LogP contribution in [0.25, 0.3) is 0 Å². The fraction of sp³-hybridized carbons (Fsp3) is 0.938. The van der Waals surface area contributed by atoms with Crippen molar-refractivity contribution >= 4 is 13.0 Å². The third-order valence-corrected chi connectivity index (χ3v) is 9.50. The molecule has 0 amide bonds. The first-order valence-corrected chi connectivity index (χ1v) is 11.5. The Morgan fingerprint density at radius 2 is 1.25 bits per heavy atom. The summed E-state index contributed by atoms with van der Waals surface area (Å²) in [5.74, 6) is 0. The molecule has 0 aromatic heterocycles. The first kappa shape index (κ1) is 19.7. The molecule has 122 valence electrons. The normalized spacial score (nSPS) is 13.6. The average molecular weight is 306 g/mol. The third-order valence-electron chi connectivity index (χ3n) is 4.05. The molecule has 0 spiro atoms. The van der Waals surface area contributed by atoms with Crippen LogP contribution < -0.4 is 0 Å². The summed E-state index contributed by atoms with van der Waals surface area (Å²) in [6, 6.07) is 0. The molecule has 0 radical (unpaired) electrons. The number of carbonyl (C=O) groups excluding carboxylic acids is 1. The molecule has 0 rings (SSSR count). The Hall–Kier alpha value is -0.300. The molecule has 4 heteroatoms. The van der Waals surface area contributed by atoms with E-state index < -0.39 is 13.0 Å². The van der Waals surface area contributed by atoms with Crippen molar-refractivity contribution in [3.63, 3.8) is 0 Å². The summed E-state index contributed by atoms with van der Waals surface area (Å²) < 4.78 is 11.1. The van der Waals surface area contributed by atoms with Gasteiger partial charge < -0.3 is 0 Å². The molecule has 20 heavy (non-hydrogen) atoms. The van der Waals surface area contributed by atoms with Crippen LogP contribution in [0.4, 0.5) is 4.79 Å². The Labute approximate surface area is 125 Å². The molecular weight excluding hydrogens is 271 g/mol. The van der Waals surface area contributed by atoms with E-state index in [1.807, 2.05) is 6.92 Å². The van der Waals surface area contributed by atoms with E-state index in [9.17, 15) is 4.79 Å². The van der Waals surface area contributed by atoms with E-state index in [1.54, 1.807) is 0 Å². The zero-order chi connectivity index (χ0) is 15.5. The van der Waals surface area contributed by atoms with Gasteiger partial charge in [0.05, 0.1) is 0 Å². The van der Waals surface area contributed by atoms with Crippen molar-refractivity contribution in [3.05, 3.63) is 0 Å². The van der Waals surface area contributed by atoms with Gasteiger partial charge in [0.15, 0.2) is 0 Å². The summed E-state index contributed by atoms with van der Waals surface area (Å²) in [6.07, 6.45) is 9.59. The molecule has 0 aliphatic rings. The second-order valence-electron chi connectivity index (χ2n) is 6.20. The van der Waals surface area contributed by atoms with E-state index in [2.05, 4.69) is 27.4 Å². The van der Waals surface area contributed by atoms with Crippen LogP contribution in [-0.2, 0) is 9.26 Å². The van der Waals surface area contributed by atoms with Gasteiger partial charge in [0.25, 0.3) is 0 Å². The molecule has 0 unspecified atom stereocenters. The first-order valence-electron chi connectivity index (χ1n) is 8.31. The SMILES string of the molecule is CCCCP(C)(CCCC)(CCCC)OC(=O)OCC. The van der Waals surface area contributed by atoms with Gasteiger partial charge in [-0.1, -0.05) is 0 Å². The van der Waals surface area contributed by atoms with E-state index in [4.69, 9.17) is 9.26 Å². The van der Waals surface area contributed by atoms with Gasteiger partial charge in [-0.25, -0.2) is 0 Å². The van der Waals surface area contributed by atoms with Crippen LogP contribution >= 0.6 is 6.83 Å². The molecule has 0 aliphatic carbocycles. The fourth-order valence-corrected chi connectivity index (χ4v) is 7.75. The quantitative estimate of drug-likeness (QED) is 0.365. The molecule has 3 nitrogen and oxygen atoms in total. The van der Waals surface area contributed by atoms with Gasteiger partial charge in [0, 0.05) is 0 Å². The molecule has 0 N–H and O–H groups in total. The number of hydrogen-bond donors (Lipinski definition) is 0. The van der Waals surface area contributed by atoms with Crippen molar-refractivity contribution < 1.29 is 14.1 Å². The van der Waals surface area contributed by atoms with Crippen molar-refractivity contribution in [1.82, 2.24) is 0 Å². The minimum atomic E-state index is -2.42. The average Bonchev–Trinajstić information content (AvgIpc) is 2.42. The van der Waals surface area contributed by atoms with Gasteiger partial charge in [-0.15, -0.1) is 0 Å². The van der Waals surface area contributed by atoms with Gasteiger partial charge in [-0.05, 0) is 0 Å². The number of ether oxygens (including phenoxy) is 1. The Morgan fingerprint density at radius 3 is 1.55 bits per heavy atom. The Balaban J connectivity index is 5.10. The topological polar surface area (TPSA) is 35.5 Å². The minimum absolute atomic E-state index is 0.390. The Kier molecular flexibility index (Phi) is 9.46. The Bertz CT molecular complexity index is 254. The van der Waals surface area contributed by atoms with Crippen LogP contribution in [0.15, 0.2) is 0 Å². The van der Waals surface area contributed by atoms with E-state index in [-0.39, 0.29) is 0 Å². The van der Waals surface area contributed by atoms with Crippen LogP contribution in [0.1, 0.15) is 66.2 Å². The molecule has 0 heterocycles. The van der Waals surface area contributed by atoms with Gasteiger partial charge in [-0.2, -0.15) is 0 Å². The summed E-state index contributed by atoms with van der Waals surface area (Å²) in [6.45, 7) is 8.67. The van der Waals surface area contributed by atoms with E-state index >= 15 is 0 Å². The second kappa shape index (κ2) is 9.60. The Morgan fingerprint density at radius 1 is 0.850 bits per heavy atom. The van der Waals surface area contributed by atoms with Gasteiger partial charge in [0.1, 0.15) is 0 Å². The van der Waals surface area contributed by atoms with Crippen molar-refractivity contribution in [2.24, 2.45) is 0 Å². The molecule has 0 saturated heterocycles. The molecule has 0 atom stereocenters. The van der Waals surface area contributed by atoms with Crippen molar-refractivity contribution in [2.45, 2.75) is 66.2 Å². The molecular formula is C16H35O3P. The molecule has 0 aliphatic heterocycles. The maximum atomic E-state index is 11.9. The zero-order valence-electron chi connectivity index (χ0n) is 14.2. The van der Waals surface area contributed by atoms with Crippen LogP contribution in [0.2, 0.25) is 0 Å². The summed E-state index contributed by atoms with van der Waals surface area (Å²) in [7, 11) is 0. The summed E-state index contributed by atoms with van der Waals surface area (Å²) in [4.78, 5) is 11.9. The standard InChI is InChI=1S/C16H35O3P/c1-6-10-13-20(5,14-11-7-2,15-12-8-3)19-16(17)18-9-4/h6-15H2,1-5H3.